The van der Waals surface area contributed by atoms with E-state index in [9.17, 15) is 9.90 Å². The van der Waals surface area contributed by atoms with E-state index in [4.69, 9.17) is 0 Å². The quantitative estimate of drug-likeness (QED) is 0.599. The summed E-state index contributed by atoms with van der Waals surface area (Å²) in [5, 5.41) is 15.4. The number of nitrogens with one attached hydrogen (secondary N) is 2. The fraction of sp³-hybridized carbons (Fsp3) is 0.900. The lowest BCUT2D eigenvalue weighted by Gasteiger charge is -2.18. The molecule has 0 radical (unpaired) electrons. The average Bonchev–Trinajstić information content (AvgIpc) is 2.52. The molecule has 1 atom stereocenters. The largest absolute Gasteiger partial charge is 0.389 e. The first-order chi connectivity index (χ1) is 6.47. The summed E-state index contributed by atoms with van der Waals surface area (Å²) < 4.78 is 0. The molecule has 4 heteroatoms. The number of rotatable bonds is 4. The highest BCUT2D eigenvalue weighted by Crippen LogP contribution is 2.08. The third kappa shape index (κ3) is 4.58. The van der Waals surface area contributed by atoms with Crippen LogP contribution in [-0.4, -0.2) is 35.7 Å². The molecular weight excluding hydrogens is 180 g/mol. The molecule has 1 fully saturated rings. The highest BCUT2D eigenvalue weighted by Gasteiger charge is 2.19. The second-order valence-corrected chi connectivity index (χ2v) is 4.59. The smallest absolute Gasteiger partial charge is 0.221 e. The maximum absolute atomic E-state index is 11.4. The minimum atomic E-state index is -0.821. The molecule has 1 aliphatic heterocycles. The second kappa shape index (κ2) is 4.75. The number of aliphatic hydroxyl groups is 1. The summed E-state index contributed by atoms with van der Waals surface area (Å²) >= 11 is 0. The molecule has 0 spiro atoms. The highest BCUT2D eigenvalue weighted by molar-refractivity contribution is 5.76. The van der Waals surface area contributed by atoms with Crippen molar-refractivity contribution >= 4 is 5.91 Å². The summed E-state index contributed by atoms with van der Waals surface area (Å²) in [5.74, 6) is 0.0199. The summed E-state index contributed by atoms with van der Waals surface area (Å²) in [4.78, 5) is 11.4. The molecule has 3 N–H and O–H groups in total. The summed E-state index contributed by atoms with van der Waals surface area (Å²) in [6.07, 6.45) is 2.76. The molecule has 1 aliphatic rings. The molecule has 0 aromatic rings. The van der Waals surface area contributed by atoms with Gasteiger partial charge in [0.1, 0.15) is 0 Å². The van der Waals surface area contributed by atoms with Gasteiger partial charge < -0.3 is 15.7 Å². The Kier molecular flexibility index (Phi) is 3.89. The Labute approximate surface area is 85.1 Å². The van der Waals surface area contributed by atoms with Crippen molar-refractivity contribution in [1.82, 2.24) is 10.6 Å². The van der Waals surface area contributed by atoms with Crippen LogP contribution in [0.5, 0.6) is 0 Å². The predicted molar refractivity (Wildman–Crippen MR) is 54.9 cm³/mol. The molecular formula is C10H20N2O2. The minimum Gasteiger partial charge on any atom is -0.389 e. The molecule has 0 bridgehead atoms. The maximum atomic E-state index is 11.4. The van der Waals surface area contributed by atoms with Crippen molar-refractivity contribution in [3.05, 3.63) is 0 Å². The SMILES string of the molecule is CC(C)(O)CNC(=O)CC1CCCN1. The van der Waals surface area contributed by atoms with Crippen molar-refractivity contribution in [2.24, 2.45) is 0 Å². The van der Waals surface area contributed by atoms with Crippen LogP contribution in [0.25, 0.3) is 0 Å². The Morgan fingerprint density at radius 2 is 2.36 bits per heavy atom. The van der Waals surface area contributed by atoms with Crippen LogP contribution in [0, 0.1) is 0 Å². The molecule has 0 saturated carbocycles. The van der Waals surface area contributed by atoms with E-state index >= 15 is 0 Å². The van der Waals surface area contributed by atoms with Gasteiger partial charge in [-0.2, -0.15) is 0 Å². The Morgan fingerprint density at radius 1 is 1.64 bits per heavy atom. The zero-order chi connectivity index (χ0) is 10.6. The van der Waals surface area contributed by atoms with Crippen LogP contribution in [-0.2, 0) is 4.79 Å². The average molecular weight is 200 g/mol. The van der Waals surface area contributed by atoms with Crippen LogP contribution >= 0.6 is 0 Å². The van der Waals surface area contributed by atoms with E-state index in [0.29, 0.717) is 19.0 Å². The Balaban J connectivity index is 2.15. The first kappa shape index (κ1) is 11.5. The molecule has 0 aromatic carbocycles. The number of hydrogen-bond donors (Lipinski definition) is 3. The molecule has 1 rings (SSSR count). The van der Waals surface area contributed by atoms with Crippen molar-refractivity contribution in [1.29, 1.82) is 0 Å². The maximum Gasteiger partial charge on any atom is 0.221 e. The van der Waals surface area contributed by atoms with Gasteiger partial charge >= 0.3 is 0 Å². The molecule has 1 heterocycles. The van der Waals surface area contributed by atoms with E-state index in [1.54, 1.807) is 13.8 Å². The monoisotopic (exact) mass is 200 g/mol. The molecule has 14 heavy (non-hydrogen) atoms. The minimum absolute atomic E-state index is 0.0199. The second-order valence-electron chi connectivity index (χ2n) is 4.59. The van der Waals surface area contributed by atoms with E-state index in [2.05, 4.69) is 10.6 Å². The van der Waals surface area contributed by atoms with Crippen molar-refractivity contribution in [3.63, 3.8) is 0 Å². The van der Waals surface area contributed by atoms with Crippen LogP contribution in [0.1, 0.15) is 33.1 Å². The van der Waals surface area contributed by atoms with Gasteiger partial charge in [-0.25, -0.2) is 0 Å². The topological polar surface area (TPSA) is 61.4 Å². The number of amides is 1. The highest BCUT2D eigenvalue weighted by atomic mass is 16.3. The summed E-state index contributed by atoms with van der Waals surface area (Å²) in [6.45, 7) is 4.70. The first-order valence-electron chi connectivity index (χ1n) is 5.20. The van der Waals surface area contributed by atoms with Gasteiger partial charge in [0.25, 0.3) is 0 Å². The van der Waals surface area contributed by atoms with E-state index in [1.807, 2.05) is 0 Å². The lowest BCUT2D eigenvalue weighted by Crippen LogP contribution is -2.40. The molecule has 1 saturated heterocycles. The van der Waals surface area contributed by atoms with E-state index in [1.165, 1.54) is 0 Å². The molecule has 82 valence electrons. The molecule has 1 amide bonds. The van der Waals surface area contributed by atoms with E-state index in [0.717, 1.165) is 19.4 Å². The molecule has 4 nitrogen and oxygen atoms in total. The predicted octanol–water partition coefficient (Wildman–Crippen LogP) is 0.0156. The Bertz CT molecular complexity index is 193. The van der Waals surface area contributed by atoms with Crippen molar-refractivity contribution < 1.29 is 9.90 Å². The standard InChI is InChI=1S/C10H20N2O2/c1-10(2,14)7-12-9(13)6-8-4-3-5-11-8/h8,11,14H,3-7H2,1-2H3,(H,12,13). The third-order valence-electron chi connectivity index (χ3n) is 2.31. The van der Waals surface area contributed by atoms with Crippen molar-refractivity contribution in [2.45, 2.75) is 44.8 Å². The van der Waals surface area contributed by atoms with Gasteiger partial charge in [-0.1, -0.05) is 0 Å². The summed E-state index contributed by atoms with van der Waals surface area (Å²) in [6, 6.07) is 0.330. The summed E-state index contributed by atoms with van der Waals surface area (Å²) in [7, 11) is 0. The number of hydrogen-bond acceptors (Lipinski definition) is 3. The molecule has 0 aliphatic carbocycles. The Hall–Kier alpha value is -0.610. The van der Waals surface area contributed by atoms with Gasteiger partial charge in [0.2, 0.25) is 5.91 Å². The molecule has 0 aromatic heterocycles. The lowest BCUT2D eigenvalue weighted by molar-refractivity contribution is -0.122. The zero-order valence-corrected chi connectivity index (χ0v) is 8.97. The van der Waals surface area contributed by atoms with Crippen LogP contribution in [0.4, 0.5) is 0 Å². The van der Waals surface area contributed by atoms with Crippen molar-refractivity contribution in [2.75, 3.05) is 13.1 Å². The van der Waals surface area contributed by atoms with Gasteiger partial charge in [0, 0.05) is 19.0 Å². The fourth-order valence-corrected chi connectivity index (χ4v) is 1.54. The van der Waals surface area contributed by atoms with E-state index < -0.39 is 5.60 Å². The van der Waals surface area contributed by atoms with Crippen molar-refractivity contribution in [3.8, 4) is 0 Å². The van der Waals surface area contributed by atoms with Crippen LogP contribution in [0.2, 0.25) is 0 Å². The zero-order valence-electron chi connectivity index (χ0n) is 8.97. The fourth-order valence-electron chi connectivity index (χ4n) is 1.54. The first-order valence-corrected chi connectivity index (χ1v) is 5.20. The van der Waals surface area contributed by atoms with E-state index in [-0.39, 0.29) is 5.91 Å². The summed E-state index contributed by atoms with van der Waals surface area (Å²) in [5.41, 5.74) is -0.821. The number of carbonyl (C=O) groups excluding carboxylic acids is 1. The van der Waals surface area contributed by atoms with Crippen LogP contribution in [0.3, 0.4) is 0 Å². The number of carbonyl (C=O) groups is 1. The van der Waals surface area contributed by atoms with Crippen LogP contribution in [0.15, 0.2) is 0 Å². The van der Waals surface area contributed by atoms with Crippen LogP contribution < -0.4 is 10.6 Å². The van der Waals surface area contributed by atoms with Gasteiger partial charge in [-0.15, -0.1) is 0 Å². The lowest BCUT2D eigenvalue weighted by atomic mass is 10.1. The van der Waals surface area contributed by atoms with Gasteiger partial charge in [-0.05, 0) is 33.2 Å². The van der Waals surface area contributed by atoms with Gasteiger partial charge in [-0.3, -0.25) is 4.79 Å². The normalized spacial score (nSPS) is 22.4. The van der Waals surface area contributed by atoms with Gasteiger partial charge in [0.15, 0.2) is 0 Å². The van der Waals surface area contributed by atoms with Gasteiger partial charge in [0.05, 0.1) is 5.60 Å². The third-order valence-corrected chi connectivity index (χ3v) is 2.31. The molecule has 1 unspecified atom stereocenters. The Morgan fingerprint density at radius 3 is 2.86 bits per heavy atom.